The van der Waals surface area contributed by atoms with Crippen LogP contribution in [-0.2, 0) is 36.6 Å². The van der Waals surface area contributed by atoms with Crippen LogP contribution in [0.2, 0.25) is 0 Å². The molecule has 2 aromatic carbocycles. The van der Waals surface area contributed by atoms with Crippen molar-refractivity contribution in [2.45, 2.75) is 55.6 Å². The van der Waals surface area contributed by atoms with Crippen LogP contribution in [0.25, 0.3) is 0 Å². The summed E-state index contributed by atoms with van der Waals surface area (Å²) in [4.78, 5) is 25.3. The van der Waals surface area contributed by atoms with Crippen molar-refractivity contribution in [1.29, 1.82) is 0 Å². The van der Waals surface area contributed by atoms with E-state index in [1.165, 1.54) is 0 Å². The van der Waals surface area contributed by atoms with Gasteiger partial charge in [0.2, 0.25) is 0 Å². The molecule has 0 saturated carbocycles. The van der Waals surface area contributed by atoms with E-state index in [1.54, 1.807) is 48.5 Å². The molecule has 2 aromatic rings. The van der Waals surface area contributed by atoms with Crippen molar-refractivity contribution >= 4 is 11.9 Å². The lowest BCUT2D eigenvalue weighted by molar-refractivity contribution is -0.294. The second kappa shape index (κ2) is 12.0. The number of benzene rings is 2. The summed E-state index contributed by atoms with van der Waals surface area (Å²) in [7, 11) is 0. The molecule has 10 nitrogen and oxygen atoms in total. The summed E-state index contributed by atoms with van der Waals surface area (Å²) >= 11 is 0. The molecule has 7 N–H and O–H groups in total. The molecule has 0 amide bonds. The largest absolute Gasteiger partial charge is 0.454 e. The molecule has 0 radical (unpaired) electrons. The average molecular weight is 475 g/mol. The number of hydrogen-bond donors (Lipinski definition) is 5. The highest BCUT2D eigenvalue weighted by molar-refractivity contribution is 5.77. The highest BCUT2D eigenvalue weighted by Crippen LogP contribution is 2.26. The Balaban J connectivity index is 1.70. The lowest BCUT2D eigenvalue weighted by atomic mass is 9.98. The van der Waals surface area contributed by atoms with E-state index in [9.17, 15) is 24.9 Å². The van der Waals surface area contributed by atoms with E-state index in [-0.39, 0.29) is 12.8 Å². The molecule has 1 unspecified atom stereocenters. The van der Waals surface area contributed by atoms with Gasteiger partial charge in [0.15, 0.2) is 18.5 Å². The molecule has 0 aliphatic carbocycles. The van der Waals surface area contributed by atoms with Gasteiger partial charge in [0.25, 0.3) is 0 Å². The minimum absolute atomic E-state index is 0.164. The number of aliphatic hydroxyl groups is 3. The predicted molar refractivity (Wildman–Crippen MR) is 120 cm³/mol. The summed E-state index contributed by atoms with van der Waals surface area (Å²) in [5, 5.41) is 30.4. The Labute approximate surface area is 197 Å². The fourth-order valence-electron chi connectivity index (χ4n) is 3.66. The molecule has 1 aliphatic heterocycles. The molecule has 0 bridgehead atoms. The third-order valence-corrected chi connectivity index (χ3v) is 5.52. The first-order valence-electron chi connectivity index (χ1n) is 10.9. The number of rotatable bonds is 9. The van der Waals surface area contributed by atoms with Crippen molar-refractivity contribution in [2.24, 2.45) is 11.5 Å². The molecule has 7 atom stereocenters. The zero-order valence-electron chi connectivity index (χ0n) is 18.5. The van der Waals surface area contributed by atoms with Gasteiger partial charge in [0, 0.05) is 0 Å². The van der Waals surface area contributed by atoms with Gasteiger partial charge in [-0.2, -0.15) is 0 Å². The van der Waals surface area contributed by atoms with Crippen LogP contribution in [0, 0.1) is 0 Å². The SMILES string of the molecule is N[C@@H](Cc1ccccc1)C(=O)O[C@H]1[C@H](O)[C@@H](CO)OC(O)[C@@H]1OC(=O)[C@@H](N)Cc1ccccc1. The summed E-state index contributed by atoms with van der Waals surface area (Å²) in [5.74, 6) is -1.77. The van der Waals surface area contributed by atoms with E-state index < -0.39 is 61.3 Å². The molecule has 1 saturated heterocycles. The summed E-state index contributed by atoms with van der Waals surface area (Å²) in [6, 6.07) is 15.8. The number of hydrogen-bond acceptors (Lipinski definition) is 10. The van der Waals surface area contributed by atoms with E-state index >= 15 is 0 Å². The number of nitrogens with two attached hydrogens (primary N) is 2. The van der Waals surface area contributed by atoms with Gasteiger partial charge in [0.05, 0.1) is 6.61 Å². The Hall–Kier alpha value is -2.86. The van der Waals surface area contributed by atoms with Crippen molar-refractivity contribution in [3.8, 4) is 0 Å². The molecule has 1 fully saturated rings. The Morgan fingerprint density at radius 3 is 1.71 bits per heavy atom. The van der Waals surface area contributed by atoms with Crippen LogP contribution in [0.1, 0.15) is 11.1 Å². The van der Waals surface area contributed by atoms with E-state index in [0.29, 0.717) is 0 Å². The number of ether oxygens (including phenoxy) is 3. The van der Waals surface area contributed by atoms with E-state index in [0.717, 1.165) is 11.1 Å². The minimum atomic E-state index is -1.78. The number of aliphatic hydroxyl groups excluding tert-OH is 3. The van der Waals surface area contributed by atoms with Crippen molar-refractivity contribution in [3.63, 3.8) is 0 Å². The topological polar surface area (TPSA) is 175 Å². The Kier molecular flexibility index (Phi) is 9.11. The summed E-state index contributed by atoms with van der Waals surface area (Å²) in [5.41, 5.74) is 13.5. The second-order valence-corrected chi connectivity index (χ2v) is 8.13. The maximum Gasteiger partial charge on any atom is 0.323 e. The van der Waals surface area contributed by atoms with Gasteiger partial charge in [0.1, 0.15) is 24.3 Å². The third kappa shape index (κ3) is 6.60. The van der Waals surface area contributed by atoms with Gasteiger partial charge < -0.3 is 41.0 Å². The van der Waals surface area contributed by atoms with Crippen LogP contribution in [-0.4, -0.2) is 76.7 Å². The highest BCUT2D eigenvalue weighted by Gasteiger charge is 2.49. The first-order valence-corrected chi connectivity index (χ1v) is 10.9. The van der Waals surface area contributed by atoms with Crippen molar-refractivity contribution in [3.05, 3.63) is 71.8 Å². The van der Waals surface area contributed by atoms with E-state index in [2.05, 4.69) is 0 Å². The van der Waals surface area contributed by atoms with E-state index in [4.69, 9.17) is 25.7 Å². The molecule has 3 rings (SSSR count). The maximum absolute atomic E-state index is 12.7. The third-order valence-electron chi connectivity index (χ3n) is 5.52. The Bertz CT molecular complexity index is 929. The number of carbonyl (C=O) groups excluding carboxylic acids is 2. The first-order chi connectivity index (χ1) is 16.3. The number of carbonyl (C=O) groups is 2. The monoisotopic (exact) mass is 474 g/mol. The molecule has 1 aliphatic rings. The lowest BCUT2D eigenvalue weighted by Gasteiger charge is -2.41. The zero-order valence-corrected chi connectivity index (χ0v) is 18.5. The fourth-order valence-corrected chi connectivity index (χ4v) is 3.66. The van der Waals surface area contributed by atoms with Gasteiger partial charge in [-0.05, 0) is 24.0 Å². The van der Waals surface area contributed by atoms with Crippen LogP contribution in [0.15, 0.2) is 60.7 Å². The van der Waals surface area contributed by atoms with Gasteiger partial charge in [-0.25, -0.2) is 0 Å². The molecule has 34 heavy (non-hydrogen) atoms. The van der Waals surface area contributed by atoms with Crippen molar-refractivity contribution in [2.75, 3.05) is 6.61 Å². The Morgan fingerprint density at radius 1 is 0.824 bits per heavy atom. The minimum Gasteiger partial charge on any atom is -0.454 e. The molecule has 184 valence electrons. The van der Waals surface area contributed by atoms with Gasteiger partial charge in [-0.1, -0.05) is 60.7 Å². The maximum atomic E-state index is 12.7. The quantitative estimate of drug-likeness (QED) is 0.284. The summed E-state index contributed by atoms with van der Waals surface area (Å²) in [6.45, 7) is -0.670. The van der Waals surface area contributed by atoms with Crippen LogP contribution in [0.4, 0.5) is 0 Å². The van der Waals surface area contributed by atoms with Crippen molar-refractivity contribution in [1.82, 2.24) is 0 Å². The van der Waals surface area contributed by atoms with Gasteiger partial charge >= 0.3 is 11.9 Å². The van der Waals surface area contributed by atoms with Crippen LogP contribution >= 0.6 is 0 Å². The molecule has 0 spiro atoms. The second-order valence-electron chi connectivity index (χ2n) is 8.13. The summed E-state index contributed by atoms with van der Waals surface area (Å²) < 4.78 is 15.8. The normalized spacial score (nSPS) is 26.3. The lowest BCUT2D eigenvalue weighted by Crippen LogP contribution is -2.62. The Morgan fingerprint density at radius 2 is 1.26 bits per heavy atom. The molecular formula is C24H30N2O8. The number of esters is 2. The fraction of sp³-hybridized carbons (Fsp3) is 0.417. The predicted octanol–water partition coefficient (Wildman–Crippen LogP) is -0.980. The standard InChI is InChI=1S/C24H30N2O8/c25-16(11-14-7-3-1-4-8-14)22(29)33-20-19(28)18(13-27)32-24(31)21(20)34-23(30)17(26)12-15-9-5-2-6-10-15/h1-10,16-21,24,27-28,31H,11-13,25-26H2/t16-,17-,18+,19+,20-,21+,24?/m0/s1. The zero-order chi connectivity index (χ0) is 24.7. The average Bonchev–Trinajstić information content (AvgIpc) is 2.84. The van der Waals surface area contributed by atoms with Crippen molar-refractivity contribution < 1.29 is 39.1 Å². The van der Waals surface area contributed by atoms with Gasteiger partial charge in [-0.15, -0.1) is 0 Å². The van der Waals surface area contributed by atoms with E-state index in [1.807, 2.05) is 12.1 Å². The summed E-state index contributed by atoms with van der Waals surface area (Å²) in [6.07, 6.45) is -7.44. The smallest absolute Gasteiger partial charge is 0.323 e. The molecule has 0 aromatic heterocycles. The van der Waals surface area contributed by atoms with Crippen LogP contribution in [0.3, 0.4) is 0 Å². The first kappa shape index (κ1) is 25.8. The highest BCUT2D eigenvalue weighted by atomic mass is 16.7. The van der Waals surface area contributed by atoms with Gasteiger partial charge in [-0.3, -0.25) is 9.59 Å². The molecule has 10 heteroatoms. The molecule has 1 heterocycles. The van der Waals surface area contributed by atoms with Crippen LogP contribution in [0.5, 0.6) is 0 Å². The van der Waals surface area contributed by atoms with Crippen LogP contribution < -0.4 is 11.5 Å². The molecular weight excluding hydrogens is 444 g/mol.